The molecule has 2 amide bonds. The summed E-state index contributed by atoms with van der Waals surface area (Å²) >= 11 is 12.2. The van der Waals surface area contributed by atoms with Crippen LogP contribution < -0.4 is 0 Å². The lowest BCUT2D eigenvalue weighted by Gasteiger charge is -2.22. The Balaban J connectivity index is 1.35. The molecule has 4 rings (SSSR count). The molecule has 0 aliphatic carbocycles. The number of nitrogens with zero attached hydrogens (tertiary/aromatic N) is 1. The number of imide groups is 1. The van der Waals surface area contributed by atoms with Crippen LogP contribution in [0.4, 0.5) is 0 Å². The molecule has 2 atom stereocenters. The molecule has 2 unspecified atom stereocenters. The van der Waals surface area contributed by atoms with Gasteiger partial charge in [-0.25, -0.2) is 0 Å². The Labute approximate surface area is 212 Å². The summed E-state index contributed by atoms with van der Waals surface area (Å²) in [5, 5.41) is 21.4. The van der Waals surface area contributed by atoms with Gasteiger partial charge in [0, 0.05) is 16.6 Å². The number of halogens is 2. The number of aryl methyl sites for hydroxylation is 1. The number of carboxylic acids is 1. The van der Waals surface area contributed by atoms with E-state index in [4.69, 9.17) is 23.2 Å². The monoisotopic (exact) mass is 511 g/mol. The summed E-state index contributed by atoms with van der Waals surface area (Å²) in [7, 11) is 0. The Morgan fingerprint density at radius 3 is 1.94 bits per heavy atom. The van der Waals surface area contributed by atoms with Crippen LogP contribution in [0.2, 0.25) is 10.0 Å². The van der Waals surface area contributed by atoms with Crippen molar-refractivity contribution in [3.63, 3.8) is 0 Å². The van der Waals surface area contributed by atoms with Gasteiger partial charge in [0.15, 0.2) is 0 Å². The molecular weight excluding hydrogens is 489 g/mol. The number of aliphatic carboxylic acids is 1. The number of hydrogen-bond acceptors (Lipinski definition) is 4. The summed E-state index contributed by atoms with van der Waals surface area (Å²) in [6.07, 6.45) is -0.471. The van der Waals surface area contributed by atoms with Crippen molar-refractivity contribution in [1.82, 2.24) is 4.90 Å². The van der Waals surface area contributed by atoms with Crippen LogP contribution in [0.15, 0.2) is 66.7 Å². The molecule has 8 heteroatoms. The largest absolute Gasteiger partial charge is 0.481 e. The van der Waals surface area contributed by atoms with Gasteiger partial charge in [0.1, 0.15) is 0 Å². The highest BCUT2D eigenvalue weighted by Crippen LogP contribution is 2.28. The number of aliphatic hydroxyl groups excluding tert-OH is 1. The van der Waals surface area contributed by atoms with E-state index in [1.807, 2.05) is 36.4 Å². The minimum Gasteiger partial charge on any atom is -0.481 e. The smallest absolute Gasteiger partial charge is 0.309 e. The van der Waals surface area contributed by atoms with Crippen LogP contribution in [0.3, 0.4) is 0 Å². The van der Waals surface area contributed by atoms with Gasteiger partial charge in [-0.1, -0.05) is 59.6 Å². The number of benzene rings is 3. The summed E-state index contributed by atoms with van der Waals surface area (Å²) in [6.45, 7) is -0.0722. The lowest BCUT2D eigenvalue weighted by Crippen LogP contribution is -2.36. The van der Waals surface area contributed by atoms with Gasteiger partial charge >= 0.3 is 5.97 Å². The molecule has 0 spiro atoms. The second-order valence-electron chi connectivity index (χ2n) is 8.50. The zero-order valence-corrected chi connectivity index (χ0v) is 20.2. The van der Waals surface area contributed by atoms with E-state index < -0.39 is 29.8 Å². The second kappa shape index (κ2) is 10.6. The number of hydrogen-bond donors (Lipinski definition) is 2. The molecule has 1 aliphatic rings. The number of aliphatic hydroxyl groups is 1. The van der Waals surface area contributed by atoms with Crippen LogP contribution in [-0.2, 0) is 11.2 Å². The first kappa shape index (κ1) is 24.9. The molecule has 3 aromatic carbocycles. The Kier molecular flexibility index (Phi) is 7.55. The average Bonchev–Trinajstić information content (AvgIpc) is 3.07. The third kappa shape index (κ3) is 5.56. The predicted octanol–water partition coefficient (Wildman–Crippen LogP) is 5.34. The lowest BCUT2D eigenvalue weighted by molar-refractivity contribution is -0.146. The fraction of sp³-hybridized carbons (Fsp3) is 0.222. The van der Waals surface area contributed by atoms with Gasteiger partial charge in [0.05, 0.1) is 23.1 Å². The summed E-state index contributed by atoms with van der Waals surface area (Å²) in [5.74, 6) is -3.15. The van der Waals surface area contributed by atoms with Crippen molar-refractivity contribution in [2.75, 3.05) is 6.54 Å². The highest BCUT2D eigenvalue weighted by molar-refractivity contribution is 6.35. The van der Waals surface area contributed by atoms with E-state index in [-0.39, 0.29) is 19.4 Å². The third-order valence-electron chi connectivity index (χ3n) is 6.20. The molecule has 35 heavy (non-hydrogen) atoms. The molecule has 0 saturated carbocycles. The van der Waals surface area contributed by atoms with Crippen molar-refractivity contribution in [2.45, 2.75) is 25.4 Å². The zero-order valence-electron chi connectivity index (χ0n) is 18.7. The normalized spacial score (nSPS) is 14.7. The van der Waals surface area contributed by atoms with Gasteiger partial charge in [0.2, 0.25) is 0 Å². The molecule has 0 aromatic heterocycles. The third-order valence-corrected chi connectivity index (χ3v) is 6.64. The average molecular weight is 512 g/mol. The highest BCUT2D eigenvalue weighted by atomic mass is 35.5. The summed E-state index contributed by atoms with van der Waals surface area (Å²) in [5.41, 5.74) is 3.38. The molecule has 0 radical (unpaired) electrons. The van der Waals surface area contributed by atoms with Crippen LogP contribution in [0, 0.1) is 5.92 Å². The minimum atomic E-state index is -1.16. The molecule has 3 aromatic rings. The molecule has 2 N–H and O–H groups in total. The van der Waals surface area contributed by atoms with Crippen molar-refractivity contribution in [3.8, 4) is 11.1 Å². The minimum absolute atomic E-state index is 0.0313. The first-order valence-corrected chi connectivity index (χ1v) is 11.9. The SMILES string of the molecule is O=C(O)C(CCN1C(=O)c2ccccc2C1=O)C(O)CCc1ccc(-c2cc(Cl)cc(Cl)c2)cc1. The quantitative estimate of drug-likeness (QED) is 0.378. The van der Waals surface area contributed by atoms with E-state index in [9.17, 15) is 24.6 Å². The van der Waals surface area contributed by atoms with Crippen LogP contribution in [0.1, 0.15) is 39.1 Å². The van der Waals surface area contributed by atoms with Gasteiger partial charge in [-0.05, 0) is 66.3 Å². The maximum absolute atomic E-state index is 12.5. The molecule has 6 nitrogen and oxygen atoms in total. The number of rotatable bonds is 9. The zero-order chi connectivity index (χ0) is 25.1. The van der Waals surface area contributed by atoms with Gasteiger partial charge in [-0.15, -0.1) is 0 Å². The van der Waals surface area contributed by atoms with Crippen molar-refractivity contribution in [1.29, 1.82) is 0 Å². The van der Waals surface area contributed by atoms with Crippen molar-refractivity contribution >= 4 is 41.0 Å². The van der Waals surface area contributed by atoms with Gasteiger partial charge in [-0.2, -0.15) is 0 Å². The molecule has 0 bridgehead atoms. The Morgan fingerprint density at radius 1 is 0.829 bits per heavy atom. The molecule has 1 aliphatic heterocycles. The first-order valence-electron chi connectivity index (χ1n) is 11.2. The molecule has 0 fully saturated rings. The maximum Gasteiger partial charge on any atom is 0.309 e. The van der Waals surface area contributed by atoms with Gasteiger partial charge in [-0.3, -0.25) is 19.3 Å². The van der Waals surface area contributed by atoms with Crippen LogP contribution in [0.25, 0.3) is 11.1 Å². The summed E-state index contributed by atoms with van der Waals surface area (Å²) < 4.78 is 0. The molecular formula is C27H23Cl2NO5. The van der Waals surface area contributed by atoms with Crippen molar-refractivity contribution in [2.24, 2.45) is 5.92 Å². The number of carboxylic acid groups (broad SMARTS) is 1. The van der Waals surface area contributed by atoms with Gasteiger partial charge in [0.25, 0.3) is 11.8 Å². The van der Waals surface area contributed by atoms with Crippen molar-refractivity contribution in [3.05, 3.63) is 93.5 Å². The Morgan fingerprint density at radius 2 is 1.40 bits per heavy atom. The maximum atomic E-state index is 12.5. The first-order chi connectivity index (χ1) is 16.7. The van der Waals surface area contributed by atoms with E-state index in [1.165, 1.54) is 0 Å². The van der Waals surface area contributed by atoms with E-state index in [0.29, 0.717) is 27.6 Å². The topological polar surface area (TPSA) is 94.9 Å². The Bertz CT molecular complexity index is 1220. The standard InChI is InChI=1S/C27H23Cl2NO5/c28-19-13-18(14-20(29)15-19)17-8-5-16(6-9-17)7-10-24(31)23(27(34)35)11-12-30-25(32)21-3-1-2-4-22(21)26(30)33/h1-6,8-9,13-15,23-24,31H,7,10-12H2,(H,34,35). The molecule has 0 saturated heterocycles. The molecule has 180 valence electrons. The Hall–Kier alpha value is -3.19. The summed E-state index contributed by atoms with van der Waals surface area (Å²) in [4.78, 5) is 37.9. The second-order valence-corrected chi connectivity index (χ2v) is 9.37. The van der Waals surface area contributed by atoms with Crippen LogP contribution in [-0.4, -0.2) is 45.5 Å². The fourth-order valence-corrected chi connectivity index (χ4v) is 4.82. The van der Waals surface area contributed by atoms with E-state index >= 15 is 0 Å². The number of carbonyl (C=O) groups is 3. The fourth-order valence-electron chi connectivity index (χ4n) is 4.29. The predicted molar refractivity (Wildman–Crippen MR) is 134 cm³/mol. The number of carbonyl (C=O) groups excluding carboxylic acids is 2. The van der Waals surface area contributed by atoms with E-state index in [0.717, 1.165) is 21.6 Å². The summed E-state index contributed by atoms with van der Waals surface area (Å²) in [6, 6.07) is 19.4. The van der Waals surface area contributed by atoms with Crippen molar-refractivity contribution < 1.29 is 24.6 Å². The lowest BCUT2D eigenvalue weighted by atomic mass is 9.93. The van der Waals surface area contributed by atoms with Crippen LogP contribution in [0.5, 0.6) is 0 Å². The van der Waals surface area contributed by atoms with Gasteiger partial charge < -0.3 is 10.2 Å². The van der Waals surface area contributed by atoms with Crippen LogP contribution >= 0.6 is 23.2 Å². The molecule has 1 heterocycles. The van der Waals surface area contributed by atoms with E-state index in [1.54, 1.807) is 30.3 Å². The number of amides is 2. The van der Waals surface area contributed by atoms with E-state index in [2.05, 4.69) is 0 Å². The highest BCUT2D eigenvalue weighted by Gasteiger charge is 2.36. The number of fused-ring (bicyclic) bond motifs is 1.